The second-order valence-electron chi connectivity index (χ2n) is 8.74. The SMILES string of the molecule is NC(=O)C1(c2nn3ccccc3c2-c2ccc(C(=O)N3CCOCC3)cc2)CCCCC1. The Balaban J connectivity index is 1.58. The molecule has 2 aromatic heterocycles. The minimum atomic E-state index is -0.762. The number of aromatic nitrogens is 2. The van der Waals surface area contributed by atoms with Gasteiger partial charge in [0.2, 0.25) is 5.91 Å². The van der Waals surface area contributed by atoms with Gasteiger partial charge in [-0.2, -0.15) is 5.10 Å². The maximum atomic E-state index is 12.9. The van der Waals surface area contributed by atoms with E-state index < -0.39 is 5.41 Å². The van der Waals surface area contributed by atoms with Crippen LogP contribution < -0.4 is 5.73 Å². The Morgan fingerprint density at radius 3 is 2.38 bits per heavy atom. The molecule has 2 aliphatic rings. The molecule has 0 bridgehead atoms. The maximum absolute atomic E-state index is 12.9. The zero-order valence-corrected chi connectivity index (χ0v) is 18.1. The summed E-state index contributed by atoms with van der Waals surface area (Å²) in [7, 11) is 0. The van der Waals surface area contributed by atoms with Gasteiger partial charge in [-0.15, -0.1) is 0 Å². The second-order valence-corrected chi connectivity index (χ2v) is 8.74. The van der Waals surface area contributed by atoms with Crippen LogP contribution >= 0.6 is 0 Å². The molecule has 7 heteroatoms. The van der Waals surface area contributed by atoms with Gasteiger partial charge in [-0.1, -0.05) is 37.5 Å². The predicted molar refractivity (Wildman–Crippen MR) is 121 cm³/mol. The number of fused-ring (bicyclic) bond motifs is 1. The fourth-order valence-electron chi connectivity index (χ4n) is 5.10. The van der Waals surface area contributed by atoms with Gasteiger partial charge in [-0.25, -0.2) is 4.52 Å². The molecule has 5 rings (SSSR count). The fraction of sp³-hybridized carbons (Fsp3) is 0.400. The summed E-state index contributed by atoms with van der Waals surface area (Å²) in [6.07, 6.45) is 6.36. The summed E-state index contributed by atoms with van der Waals surface area (Å²) in [5, 5.41) is 4.86. The number of benzene rings is 1. The normalized spacial score (nSPS) is 18.6. The van der Waals surface area contributed by atoms with Crippen LogP contribution in [0, 0.1) is 0 Å². The van der Waals surface area contributed by atoms with E-state index in [1.54, 1.807) is 0 Å². The van der Waals surface area contributed by atoms with Crippen LogP contribution in [-0.2, 0) is 14.9 Å². The van der Waals surface area contributed by atoms with Crippen molar-refractivity contribution in [2.75, 3.05) is 26.3 Å². The summed E-state index contributed by atoms with van der Waals surface area (Å²) in [6, 6.07) is 13.5. The highest BCUT2D eigenvalue weighted by molar-refractivity contribution is 5.96. The number of hydrogen-bond acceptors (Lipinski definition) is 4. The fourth-order valence-corrected chi connectivity index (χ4v) is 5.10. The van der Waals surface area contributed by atoms with E-state index >= 15 is 0 Å². The van der Waals surface area contributed by atoms with Gasteiger partial charge in [0.25, 0.3) is 5.91 Å². The minimum absolute atomic E-state index is 0.0147. The van der Waals surface area contributed by atoms with E-state index in [2.05, 4.69) is 0 Å². The Morgan fingerprint density at radius 1 is 0.969 bits per heavy atom. The Kier molecular flexibility index (Phi) is 5.43. The summed E-state index contributed by atoms with van der Waals surface area (Å²) in [5.74, 6) is -0.290. The number of primary amides is 1. The predicted octanol–water partition coefficient (Wildman–Crippen LogP) is 3.16. The molecular weight excluding hydrogens is 404 g/mol. The number of hydrogen-bond donors (Lipinski definition) is 1. The maximum Gasteiger partial charge on any atom is 0.254 e. The smallest absolute Gasteiger partial charge is 0.254 e. The van der Waals surface area contributed by atoms with E-state index in [-0.39, 0.29) is 11.8 Å². The highest BCUT2D eigenvalue weighted by Gasteiger charge is 2.44. The Bertz CT molecular complexity index is 1140. The van der Waals surface area contributed by atoms with Crippen LogP contribution in [0.15, 0.2) is 48.7 Å². The summed E-state index contributed by atoms with van der Waals surface area (Å²) >= 11 is 0. The molecule has 2 amide bonds. The number of carbonyl (C=O) groups is 2. The lowest BCUT2D eigenvalue weighted by atomic mass is 9.69. The van der Waals surface area contributed by atoms with Gasteiger partial charge in [0.05, 0.1) is 29.8 Å². The highest BCUT2D eigenvalue weighted by Crippen LogP contribution is 2.44. The molecule has 3 heterocycles. The minimum Gasteiger partial charge on any atom is -0.378 e. The first kappa shape index (κ1) is 20.7. The molecule has 0 unspecified atom stereocenters. The van der Waals surface area contributed by atoms with Crippen molar-refractivity contribution < 1.29 is 14.3 Å². The van der Waals surface area contributed by atoms with Crippen molar-refractivity contribution in [1.29, 1.82) is 0 Å². The summed E-state index contributed by atoms with van der Waals surface area (Å²) in [6.45, 7) is 2.37. The monoisotopic (exact) mass is 432 g/mol. The summed E-state index contributed by atoms with van der Waals surface area (Å²) < 4.78 is 7.18. The zero-order valence-electron chi connectivity index (χ0n) is 18.1. The molecular formula is C25H28N4O3. The molecule has 1 aliphatic heterocycles. The van der Waals surface area contributed by atoms with E-state index in [1.165, 1.54) is 0 Å². The molecule has 3 aromatic rings. The van der Waals surface area contributed by atoms with Crippen molar-refractivity contribution in [2.45, 2.75) is 37.5 Å². The zero-order chi connectivity index (χ0) is 22.1. The number of nitrogens with two attached hydrogens (primary N) is 1. The van der Waals surface area contributed by atoms with Crippen molar-refractivity contribution in [2.24, 2.45) is 5.73 Å². The van der Waals surface area contributed by atoms with E-state index in [0.717, 1.165) is 41.6 Å². The van der Waals surface area contributed by atoms with E-state index in [4.69, 9.17) is 15.6 Å². The average molecular weight is 433 g/mol. The molecule has 1 aliphatic carbocycles. The first-order valence-electron chi connectivity index (χ1n) is 11.4. The van der Waals surface area contributed by atoms with Gasteiger partial charge in [0.1, 0.15) is 0 Å². The number of rotatable bonds is 4. The first-order valence-corrected chi connectivity index (χ1v) is 11.4. The van der Waals surface area contributed by atoms with Gasteiger partial charge >= 0.3 is 0 Å². The van der Waals surface area contributed by atoms with Crippen molar-refractivity contribution in [3.63, 3.8) is 0 Å². The molecule has 1 saturated carbocycles. The quantitative estimate of drug-likeness (QED) is 0.686. The standard InChI is InChI=1S/C25H28N4O3/c26-24(31)25(11-3-1-4-12-25)22-21(20-6-2-5-13-29(20)27-22)18-7-9-19(10-8-18)23(30)28-14-16-32-17-15-28/h2,5-10,13H,1,3-4,11-12,14-17H2,(H2,26,31). The molecule has 0 atom stereocenters. The van der Waals surface area contributed by atoms with Gasteiger partial charge < -0.3 is 15.4 Å². The molecule has 1 saturated heterocycles. The van der Waals surface area contributed by atoms with Crippen LogP contribution in [0.25, 0.3) is 16.6 Å². The van der Waals surface area contributed by atoms with Crippen LogP contribution in [-0.4, -0.2) is 52.6 Å². The van der Waals surface area contributed by atoms with Crippen molar-refractivity contribution in [3.8, 4) is 11.1 Å². The third-order valence-electron chi connectivity index (χ3n) is 6.89. The molecule has 1 aromatic carbocycles. The number of morpholine rings is 1. The number of ether oxygens (including phenoxy) is 1. The molecule has 166 valence electrons. The lowest BCUT2D eigenvalue weighted by Crippen LogP contribution is -2.43. The Hall–Kier alpha value is -3.19. The second kappa shape index (κ2) is 8.39. The van der Waals surface area contributed by atoms with Gasteiger partial charge in [-0.05, 0) is 42.7 Å². The summed E-state index contributed by atoms with van der Waals surface area (Å²) in [5.41, 5.74) is 9.44. The largest absolute Gasteiger partial charge is 0.378 e. The highest BCUT2D eigenvalue weighted by atomic mass is 16.5. The number of pyridine rings is 1. The third-order valence-corrected chi connectivity index (χ3v) is 6.89. The van der Waals surface area contributed by atoms with Gasteiger partial charge in [-0.3, -0.25) is 9.59 Å². The van der Waals surface area contributed by atoms with E-state index in [0.29, 0.717) is 44.7 Å². The molecule has 7 nitrogen and oxygen atoms in total. The lowest BCUT2D eigenvalue weighted by Gasteiger charge is -2.33. The first-order chi connectivity index (χ1) is 15.6. The van der Waals surface area contributed by atoms with Crippen molar-refractivity contribution in [3.05, 3.63) is 59.9 Å². The van der Waals surface area contributed by atoms with Crippen molar-refractivity contribution >= 4 is 17.3 Å². The van der Waals surface area contributed by atoms with Crippen molar-refractivity contribution in [1.82, 2.24) is 14.5 Å². The number of nitrogens with zero attached hydrogens (tertiary/aromatic N) is 3. The Morgan fingerprint density at radius 2 is 1.69 bits per heavy atom. The Labute approximate surface area is 187 Å². The third kappa shape index (κ3) is 3.46. The van der Waals surface area contributed by atoms with E-state index in [1.807, 2.05) is 58.1 Å². The number of carbonyl (C=O) groups excluding carboxylic acids is 2. The molecule has 2 fully saturated rings. The molecule has 0 radical (unpaired) electrons. The number of amides is 2. The molecule has 2 N–H and O–H groups in total. The lowest BCUT2D eigenvalue weighted by molar-refractivity contribution is -0.124. The van der Waals surface area contributed by atoms with Gasteiger partial charge in [0, 0.05) is 30.4 Å². The van der Waals surface area contributed by atoms with Crippen LogP contribution in [0.1, 0.15) is 48.2 Å². The van der Waals surface area contributed by atoms with Crippen LogP contribution in [0.4, 0.5) is 0 Å². The molecule has 32 heavy (non-hydrogen) atoms. The van der Waals surface area contributed by atoms with Crippen LogP contribution in [0.2, 0.25) is 0 Å². The van der Waals surface area contributed by atoms with E-state index in [9.17, 15) is 9.59 Å². The average Bonchev–Trinajstić information content (AvgIpc) is 3.25. The van der Waals surface area contributed by atoms with Crippen LogP contribution in [0.5, 0.6) is 0 Å². The van der Waals surface area contributed by atoms with Gasteiger partial charge in [0.15, 0.2) is 0 Å². The molecule has 0 spiro atoms. The summed E-state index contributed by atoms with van der Waals surface area (Å²) in [4.78, 5) is 27.4. The van der Waals surface area contributed by atoms with Crippen LogP contribution in [0.3, 0.4) is 0 Å². The topological polar surface area (TPSA) is 89.9 Å².